The number of guanidine groups is 1. The van der Waals surface area contributed by atoms with E-state index in [1.807, 2.05) is 13.1 Å². The first-order valence-electron chi connectivity index (χ1n) is 9.94. The maximum Gasteiger partial charge on any atom is 0.193 e. The second-order valence-corrected chi connectivity index (χ2v) is 8.04. The number of amidine groups is 2. The summed E-state index contributed by atoms with van der Waals surface area (Å²) in [5, 5.41) is 12.4. The SMILES string of the molecule is C=C(Cl)CNC(=NC)N(C)CCC(C)C1CC1CCN=C(/C=C/C#N)N=C(C)N. The highest BCUT2D eigenvalue weighted by Gasteiger charge is 2.39. The lowest BCUT2D eigenvalue weighted by Gasteiger charge is -2.23. The molecule has 160 valence electrons. The van der Waals surface area contributed by atoms with Gasteiger partial charge in [0.15, 0.2) is 5.96 Å². The van der Waals surface area contributed by atoms with Crippen molar-refractivity contribution >= 4 is 29.2 Å². The van der Waals surface area contributed by atoms with Crippen molar-refractivity contribution in [1.29, 1.82) is 5.26 Å². The van der Waals surface area contributed by atoms with Crippen LogP contribution in [0.3, 0.4) is 0 Å². The Bertz CT molecular complexity index is 698. The number of aliphatic imine (C=N–C) groups is 3. The van der Waals surface area contributed by atoms with E-state index in [9.17, 15) is 0 Å². The van der Waals surface area contributed by atoms with E-state index in [0.29, 0.717) is 41.6 Å². The summed E-state index contributed by atoms with van der Waals surface area (Å²) in [5.74, 6) is 3.88. The molecule has 3 N–H and O–H groups in total. The maximum absolute atomic E-state index is 8.67. The minimum Gasteiger partial charge on any atom is -0.387 e. The molecule has 0 aromatic rings. The van der Waals surface area contributed by atoms with Crippen molar-refractivity contribution < 1.29 is 0 Å². The van der Waals surface area contributed by atoms with Gasteiger partial charge in [0.25, 0.3) is 0 Å². The lowest BCUT2D eigenvalue weighted by molar-refractivity contribution is 0.371. The van der Waals surface area contributed by atoms with Gasteiger partial charge in [-0.15, -0.1) is 0 Å². The van der Waals surface area contributed by atoms with Gasteiger partial charge in [0, 0.05) is 38.3 Å². The topological polar surface area (TPSA) is 102 Å². The molecule has 1 saturated carbocycles. The second-order valence-electron chi connectivity index (χ2n) is 7.51. The monoisotopic (exact) mass is 419 g/mol. The first kappa shape index (κ1) is 24.7. The molecule has 0 spiro atoms. The lowest BCUT2D eigenvalue weighted by atomic mass is 9.99. The highest BCUT2D eigenvalue weighted by Crippen LogP contribution is 2.47. The fraction of sp³-hybridized carbons (Fsp3) is 0.619. The van der Waals surface area contributed by atoms with Gasteiger partial charge in [-0.2, -0.15) is 5.26 Å². The van der Waals surface area contributed by atoms with Crippen LogP contribution < -0.4 is 11.1 Å². The van der Waals surface area contributed by atoms with Crippen molar-refractivity contribution in [2.45, 2.75) is 33.1 Å². The molecule has 0 heterocycles. The average molecular weight is 420 g/mol. The molecule has 8 heteroatoms. The third kappa shape index (κ3) is 10.1. The summed E-state index contributed by atoms with van der Waals surface area (Å²) in [7, 11) is 3.81. The zero-order valence-corrected chi connectivity index (χ0v) is 18.8. The van der Waals surface area contributed by atoms with Crippen LogP contribution in [-0.4, -0.2) is 56.3 Å². The molecular weight excluding hydrogens is 386 g/mol. The first-order valence-corrected chi connectivity index (χ1v) is 10.3. The highest BCUT2D eigenvalue weighted by molar-refractivity contribution is 6.29. The highest BCUT2D eigenvalue weighted by atomic mass is 35.5. The summed E-state index contributed by atoms with van der Waals surface area (Å²) in [6.07, 6.45) is 6.36. The van der Waals surface area contributed by atoms with Gasteiger partial charge in [-0.3, -0.25) is 9.98 Å². The molecule has 3 atom stereocenters. The van der Waals surface area contributed by atoms with Crippen LogP contribution >= 0.6 is 11.6 Å². The number of nitrogens with one attached hydrogen (secondary N) is 1. The zero-order chi connectivity index (χ0) is 21.8. The van der Waals surface area contributed by atoms with E-state index in [2.05, 4.69) is 38.7 Å². The molecular formula is C21H34ClN7. The van der Waals surface area contributed by atoms with Crippen molar-refractivity contribution in [1.82, 2.24) is 10.2 Å². The average Bonchev–Trinajstić information content (AvgIpc) is 3.43. The van der Waals surface area contributed by atoms with Crippen molar-refractivity contribution in [3.05, 3.63) is 23.8 Å². The Morgan fingerprint density at radius 1 is 1.52 bits per heavy atom. The third-order valence-electron chi connectivity index (χ3n) is 5.01. The van der Waals surface area contributed by atoms with E-state index in [-0.39, 0.29) is 0 Å². The van der Waals surface area contributed by atoms with E-state index >= 15 is 0 Å². The summed E-state index contributed by atoms with van der Waals surface area (Å²) >= 11 is 5.82. The van der Waals surface area contributed by atoms with Gasteiger partial charge < -0.3 is 16.0 Å². The fourth-order valence-electron chi connectivity index (χ4n) is 3.34. The standard InChI is InChI=1S/C21H34ClN7/c1-15(9-12-29(5)21(25-4)27-14-16(2)22)19-13-18(19)8-11-26-20(7-6-10-23)28-17(3)24/h6-7,15,18-19H,2,8-9,11-14H2,1,3-5H3,(H,25,27)(H2,24,26,28)/b7-6+. The Labute approximate surface area is 180 Å². The third-order valence-corrected chi connectivity index (χ3v) is 5.14. The molecule has 1 aliphatic carbocycles. The number of halogens is 1. The number of nitrogens with zero attached hydrogens (tertiary/aromatic N) is 5. The summed E-state index contributed by atoms with van der Waals surface area (Å²) < 4.78 is 0. The Kier molecular flexibility index (Phi) is 11.1. The van der Waals surface area contributed by atoms with Gasteiger partial charge in [0.2, 0.25) is 0 Å². The molecule has 1 rings (SSSR count). The van der Waals surface area contributed by atoms with Crippen LogP contribution in [-0.2, 0) is 0 Å². The summed E-state index contributed by atoms with van der Waals surface area (Å²) in [5.41, 5.74) is 5.62. The van der Waals surface area contributed by atoms with Crippen LogP contribution in [0.15, 0.2) is 38.7 Å². The van der Waals surface area contributed by atoms with Crippen LogP contribution in [0.25, 0.3) is 0 Å². The number of hydrogen-bond donors (Lipinski definition) is 2. The molecule has 0 aromatic carbocycles. The smallest absolute Gasteiger partial charge is 0.193 e. The Morgan fingerprint density at radius 3 is 2.83 bits per heavy atom. The van der Waals surface area contributed by atoms with Crippen molar-refractivity contribution in [3.63, 3.8) is 0 Å². The Morgan fingerprint density at radius 2 is 2.24 bits per heavy atom. The Balaban J connectivity index is 2.40. The minimum absolute atomic E-state index is 0.438. The predicted octanol–water partition coefficient (Wildman–Crippen LogP) is 3.15. The summed E-state index contributed by atoms with van der Waals surface area (Å²) in [6, 6.07) is 1.95. The number of nitrogens with two attached hydrogens (primary N) is 1. The van der Waals surface area contributed by atoms with E-state index in [1.54, 1.807) is 20.0 Å². The quantitative estimate of drug-likeness (QED) is 0.322. The van der Waals surface area contributed by atoms with Crippen LogP contribution in [0.4, 0.5) is 0 Å². The summed E-state index contributed by atoms with van der Waals surface area (Å²) in [4.78, 5) is 15.0. The molecule has 1 aliphatic rings. The minimum atomic E-state index is 0.438. The van der Waals surface area contributed by atoms with Crippen LogP contribution in [0, 0.1) is 29.1 Å². The largest absolute Gasteiger partial charge is 0.387 e. The molecule has 0 amide bonds. The first-order chi connectivity index (χ1) is 13.8. The van der Waals surface area contributed by atoms with Crippen LogP contribution in [0.2, 0.25) is 0 Å². The van der Waals surface area contributed by atoms with E-state index in [0.717, 1.165) is 31.3 Å². The van der Waals surface area contributed by atoms with Gasteiger partial charge in [-0.05, 0) is 50.0 Å². The number of nitriles is 1. The van der Waals surface area contributed by atoms with Gasteiger partial charge in [0.05, 0.1) is 18.4 Å². The predicted molar refractivity (Wildman–Crippen MR) is 123 cm³/mol. The van der Waals surface area contributed by atoms with Gasteiger partial charge in [0.1, 0.15) is 5.84 Å². The van der Waals surface area contributed by atoms with Crippen LogP contribution in [0.1, 0.15) is 33.1 Å². The van der Waals surface area contributed by atoms with E-state index in [1.165, 1.54) is 12.5 Å². The molecule has 29 heavy (non-hydrogen) atoms. The molecule has 0 aliphatic heterocycles. The van der Waals surface area contributed by atoms with Crippen LogP contribution in [0.5, 0.6) is 0 Å². The summed E-state index contributed by atoms with van der Waals surface area (Å²) in [6.45, 7) is 9.87. The van der Waals surface area contributed by atoms with Crippen molar-refractivity contribution in [3.8, 4) is 6.07 Å². The maximum atomic E-state index is 8.67. The molecule has 0 aromatic heterocycles. The lowest BCUT2D eigenvalue weighted by Crippen LogP contribution is -2.40. The Hall–Kier alpha value is -2.33. The molecule has 7 nitrogen and oxygen atoms in total. The normalized spacial score (nSPS) is 21.0. The zero-order valence-electron chi connectivity index (χ0n) is 18.0. The van der Waals surface area contributed by atoms with Gasteiger partial charge in [-0.1, -0.05) is 25.1 Å². The fourth-order valence-corrected chi connectivity index (χ4v) is 3.41. The molecule has 1 fully saturated rings. The number of allylic oxidation sites excluding steroid dienone is 1. The number of rotatable bonds is 10. The number of hydrogen-bond acceptors (Lipinski definition) is 3. The van der Waals surface area contributed by atoms with Crippen molar-refractivity contribution in [2.24, 2.45) is 38.5 Å². The van der Waals surface area contributed by atoms with Gasteiger partial charge in [-0.25, -0.2) is 4.99 Å². The van der Waals surface area contributed by atoms with E-state index in [4.69, 9.17) is 22.6 Å². The molecule has 0 saturated heterocycles. The second kappa shape index (κ2) is 13.0. The van der Waals surface area contributed by atoms with E-state index < -0.39 is 0 Å². The molecule has 0 radical (unpaired) electrons. The molecule has 3 unspecified atom stereocenters. The van der Waals surface area contributed by atoms with Crippen molar-refractivity contribution in [2.75, 3.05) is 33.7 Å². The molecule has 0 bridgehead atoms. The van der Waals surface area contributed by atoms with Gasteiger partial charge >= 0.3 is 0 Å².